The number of nitrogens with zero attached hydrogens (tertiary/aromatic N) is 4. The van der Waals surface area contributed by atoms with Gasteiger partial charge in [-0.05, 0) is 79.6 Å². The maximum atomic E-state index is 13.4. The van der Waals surface area contributed by atoms with Crippen molar-refractivity contribution >= 4 is 11.9 Å². The van der Waals surface area contributed by atoms with E-state index in [1.165, 1.54) is 18.0 Å². The number of carboxylic acids is 1. The largest absolute Gasteiger partial charge is 0.488 e. The number of fused-ring (bicyclic) bond motifs is 1. The zero-order valence-electron chi connectivity index (χ0n) is 24.5. The fourth-order valence-corrected chi connectivity index (χ4v) is 6.05. The Morgan fingerprint density at radius 1 is 1.07 bits per heavy atom. The van der Waals surface area contributed by atoms with Gasteiger partial charge in [-0.3, -0.25) is 4.79 Å². The first kappa shape index (κ1) is 28.4. The van der Waals surface area contributed by atoms with Crippen molar-refractivity contribution in [1.29, 1.82) is 0 Å². The van der Waals surface area contributed by atoms with Gasteiger partial charge in [0.1, 0.15) is 17.9 Å². The lowest BCUT2D eigenvalue weighted by Gasteiger charge is -2.38. The van der Waals surface area contributed by atoms with E-state index in [9.17, 15) is 14.7 Å². The number of aryl methyl sites for hydroxylation is 1. The summed E-state index contributed by atoms with van der Waals surface area (Å²) in [6.45, 7) is 6.54. The van der Waals surface area contributed by atoms with Gasteiger partial charge in [0.25, 0.3) is 5.91 Å². The summed E-state index contributed by atoms with van der Waals surface area (Å²) in [5.74, 6) is 0.186. The lowest BCUT2D eigenvalue weighted by Crippen LogP contribution is -2.47. The van der Waals surface area contributed by atoms with Gasteiger partial charge in [-0.15, -0.1) is 0 Å². The Balaban J connectivity index is 1.26. The molecule has 1 N–H and O–H groups in total. The molecule has 2 aromatic carbocycles. The summed E-state index contributed by atoms with van der Waals surface area (Å²) in [4.78, 5) is 31.8. The second-order valence-electron chi connectivity index (χ2n) is 10.9. The number of ether oxygens (including phenoxy) is 3. The van der Waals surface area contributed by atoms with Gasteiger partial charge in [0, 0.05) is 36.9 Å². The standard InChI is InChI=1S/C33H34N4O6/c1-20-6-4-7-26(28-8-5-9-29(35-28)37-32(41-3)27(18-34-37)33(39)40)30(20)43-19-22-10-11-25-24(21(22)2)12-15-36(31(25)38)23-13-16-42-17-14-23/h4-11,18,23H,12-17,19H2,1-3H3,(H,39,40). The first-order valence-corrected chi connectivity index (χ1v) is 14.4. The van der Waals surface area contributed by atoms with Gasteiger partial charge in [0.2, 0.25) is 5.88 Å². The number of aromatic nitrogens is 3. The Bertz CT molecular complexity index is 1690. The second-order valence-corrected chi connectivity index (χ2v) is 10.9. The number of aromatic carboxylic acids is 1. The number of rotatable bonds is 8. The van der Waals surface area contributed by atoms with Crippen molar-refractivity contribution in [3.8, 4) is 28.7 Å². The molecule has 222 valence electrons. The third-order valence-corrected chi connectivity index (χ3v) is 8.40. The van der Waals surface area contributed by atoms with Gasteiger partial charge in [-0.25, -0.2) is 9.78 Å². The maximum absolute atomic E-state index is 13.4. The number of carboxylic acid groups (broad SMARTS) is 1. The number of hydrogen-bond acceptors (Lipinski definition) is 7. The van der Waals surface area contributed by atoms with Gasteiger partial charge < -0.3 is 24.2 Å². The molecule has 0 bridgehead atoms. The zero-order chi connectivity index (χ0) is 30.1. The molecule has 10 heteroatoms. The van der Waals surface area contributed by atoms with Crippen LogP contribution in [0.4, 0.5) is 0 Å². The van der Waals surface area contributed by atoms with Crippen molar-refractivity contribution < 1.29 is 28.9 Å². The van der Waals surface area contributed by atoms with Crippen LogP contribution in [0.2, 0.25) is 0 Å². The number of amides is 1. The molecule has 2 aliphatic heterocycles. The second kappa shape index (κ2) is 11.9. The molecule has 1 fully saturated rings. The van der Waals surface area contributed by atoms with Gasteiger partial charge in [0.15, 0.2) is 5.82 Å². The normalized spacial score (nSPS) is 15.3. The molecule has 10 nitrogen and oxygen atoms in total. The Morgan fingerprint density at radius 2 is 1.86 bits per heavy atom. The van der Waals surface area contributed by atoms with E-state index in [0.29, 0.717) is 37.1 Å². The Labute approximate surface area is 249 Å². The smallest absolute Gasteiger partial charge is 0.342 e. The van der Waals surface area contributed by atoms with E-state index in [2.05, 4.69) is 12.0 Å². The predicted octanol–water partition coefficient (Wildman–Crippen LogP) is 5.01. The average molecular weight is 583 g/mol. The summed E-state index contributed by atoms with van der Waals surface area (Å²) in [6.07, 6.45) is 3.85. The van der Waals surface area contributed by atoms with Gasteiger partial charge in [0.05, 0.1) is 19.0 Å². The quantitative estimate of drug-likeness (QED) is 0.308. The summed E-state index contributed by atoms with van der Waals surface area (Å²) in [5.41, 5.74) is 6.35. The molecule has 0 spiro atoms. The molecule has 0 atom stereocenters. The van der Waals surface area contributed by atoms with Gasteiger partial charge in [-0.1, -0.05) is 24.3 Å². The highest BCUT2D eigenvalue weighted by Crippen LogP contribution is 2.35. The summed E-state index contributed by atoms with van der Waals surface area (Å²) in [7, 11) is 1.40. The van der Waals surface area contributed by atoms with Crippen molar-refractivity contribution in [2.45, 2.75) is 45.8 Å². The number of benzene rings is 2. The minimum absolute atomic E-state index is 0.0484. The predicted molar refractivity (Wildman–Crippen MR) is 159 cm³/mol. The highest BCUT2D eigenvalue weighted by molar-refractivity contribution is 5.97. The van der Waals surface area contributed by atoms with Crippen molar-refractivity contribution in [2.24, 2.45) is 0 Å². The third kappa shape index (κ3) is 5.34. The van der Waals surface area contributed by atoms with E-state index in [4.69, 9.17) is 19.2 Å². The molecule has 2 aliphatic rings. The van der Waals surface area contributed by atoms with Crippen LogP contribution < -0.4 is 9.47 Å². The van der Waals surface area contributed by atoms with Crippen LogP contribution in [0.3, 0.4) is 0 Å². The Kier molecular flexibility index (Phi) is 7.86. The molecular weight excluding hydrogens is 548 g/mol. The van der Waals surface area contributed by atoms with Crippen LogP contribution >= 0.6 is 0 Å². The topological polar surface area (TPSA) is 116 Å². The minimum atomic E-state index is -1.13. The number of pyridine rings is 1. The number of carbonyl (C=O) groups is 2. The van der Waals surface area contributed by atoms with Crippen LogP contribution in [-0.4, -0.2) is 69.6 Å². The molecule has 0 aliphatic carbocycles. The fraction of sp³-hybridized carbons (Fsp3) is 0.333. The first-order chi connectivity index (χ1) is 20.9. The first-order valence-electron chi connectivity index (χ1n) is 14.4. The molecular formula is C33H34N4O6. The van der Waals surface area contributed by atoms with E-state index in [1.807, 2.05) is 54.3 Å². The Morgan fingerprint density at radius 3 is 2.63 bits per heavy atom. The summed E-state index contributed by atoms with van der Waals surface area (Å²) in [6, 6.07) is 15.5. The van der Waals surface area contributed by atoms with E-state index in [-0.39, 0.29) is 23.4 Å². The highest BCUT2D eigenvalue weighted by Gasteiger charge is 2.32. The third-order valence-electron chi connectivity index (χ3n) is 8.40. The maximum Gasteiger partial charge on any atom is 0.342 e. The van der Waals surface area contributed by atoms with Gasteiger partial charge >= 0.3 is 5.97 Å². The summed E-state index contributed by atoms with van der Waals surface area (Å²) in [5, 5.41) is 13.7. The number of methoxy groups -OCH3 is 1. The molecule has 0 radical (unpaired) electrons. The SMILES string of the molecule is COc1c(C(=O)O)cnn1-c1cccc(-c2cccc(C)c2OCc2ccc3c(c2C)CCN(C2CCOCC2)C3=O)n1. The van der Waals surface area contributed by atoms with Crippen LogP contribution in [0.1, 0.15) is 55.8 Å². The van der Waals surface area contributed by atoms with Crippen molar-refractivity contribution in [3.63, 3.8) is 0 Å². The highest BCUT2D eigenvalue weighted by atomic mass is 16.5. The lowest BCUT2D eigenvalue weighted by molar-refractivity contribution is 0.0276. The van der Waals surface area contributed by atoms with Crippen LogP contribution in [0.25, 0.3) is 17.1 Å². The van der Waals surface area contributed by atoms with Gasteiger partial charge in [-0.2, -0.15) is 9.78 Å². The van der Waals surface area contributed by atoms with Crippen molar-refractivity contribution in [1.82, 2.24) is 19.7 Å². The van der Waals surface area contributed by atoms with Crippen LogP contribution in [0.15, 0.2) is 54.7 Å². The monoisotopic (exact) mass is 582 g/mol. The molecule has 1 saturated heterocycles. The number of hydrogen-bond donors (Lipinski definition) is 1. The van der Waals surface area contributed by atoms with E-state index in [0.717, 1.165) is 59.2 Å². The molecule has 6 rings (SSSR count). The molecule has 43 heavy (non-hydrogen) atoms. The summed E-state index contributed by atoms with van der Waals surface area (Å²) >= 11 is 0. The Hall–Kier alpha value is -4.70. The summed E-state index contributed by atoms with van der Waals surface area (Å²) < 4.78 is 18.7. The molecule has 0 unspecified atom stereocenters. The molecule has 1 amide bonds. The van der Waals surface area contributed by atoms with E-state index < -0.39 is 5.97 Å². The molecule has 0 saturated carbocycles. The fourth-order valence-electron chi connectivity index (χ4n) is 6.05. The number of carbonyl (C=O) groups excluding carboxylic acids is 1. The molecule has 2 aromatic heterocycles. The van der Waals surface area contributed by atoms with Crippen LogP contribution in [-0.2, 0) is 17.8 Å². The molecule has 4 aromatic rings. The molecule has 4 heterocycles. The van der Waals surface area contributed by atoms with Crippen LogP contribution in [0.5, 0.6) is 11.6 Å². The van der Waals surface area contributed by atoms with Crippen molar-refractivity contribution in [2.75, 3.05) is 26.9 Å². The minimum Gasteiger partial charge on any atom is -0.488 e. The average Bonchev–Trinajstić information content (AvgIpc) is 3.47. The van der Waals surface area contributed by atoms with E-state index in [1.54, 1.807) is 6.07 Å². The lowest BCUT2D eigenvalue weighted by atomic mass is 9.90. The zero-order valence-corrected chi connectivity index (χ0v) is 24.5. The van der Waals surface area contributed by atoms with E-state index >= 15 is 0 Å². The van der Waals surface area contributed by atoms with Crippen LogP contribution in [0, 0.1) is 13.8 Å². The number of para-hydroxylation sites is 1. The van der Waals surface area contributed by atoms with Crippen molar-refractivity contribution in [3.05, 3.63) is 88.1 Å².